The smallest absolute Gasteiger partial charge is 0.0530 e. The fourth-order valence-electron chi connectivity index (χ4n) is 4.70. The van der Waals surface area contributed by atoms with Crippen molar-refractivity contribution in [2.45, 2.75) is 11.8 Å². The summed E-state index contributed by atoms with van der Waals surface area (Å²) in [4.78, 5) is 4.32. The third-order valence-electron chi connectivity index (χ3n) is 5.70. The van der Waals surface area contributed by atoms with Crippen LogP contribution in [0.25, 0.3) is 11.1 Å². The maximum absolute atomic E-state index is 6.38. The summed E-state index contributed by atoms with van der Waals surface area (Å²) in [6.07, 6.45) is 7.15. The van der Waals surface area contributed by atoms with Gasteiger partial charge in [0.15, 0.2) is 0 Å². The highest BCUT2D eigenvalue weighted by Gasteiger charge is 2.49. The van der Waals surface area contributed by atoms with Crippen LogP contribution < -0.4 is 0 Å². The van der Waals surface area contributed by atoms with E-state index >= 15 is 0 Å². The van der Waals surface area contributed by atoms with Crippen LogP contribution in [-0.4, -0.2) is 6.21 Å². The molecule has 126 valence electrons. The van der Waals surface area contributed by atoms with Crippen LogP contribution in [0.1, 0.15) is 23.1 Å². The predicted octanol–water partition coefficient (Wildman–Crippen LogP) is 6.26. The van der Waals surface area contributed by atoms with Crippen LogP contribution in [0.3, 0.4) is 0 Å². The Hall–Kier alpha value is -2.64. The molecule has 3 aromatic rings. The predicted molar refractivity (Wildman–Crippen MR) is 109 cm³/mol. The van der Waals surface area contributed by atoms with Gasteiger partial charge in [0.2, 0.25) is 0 Å². The lowest BCUT2D eigenvalue weighted by atomic mass is 9.63. The van der Waals surface area contributed by atoms with Gasteiger partial charge in [0.05, 0.1) is 5.41 Å². The molecule has 1 aliphatic carbocycles. The summed E-state index contributed by atoms with van der Waals surface area (Å²) in [6, 6.07) is 25.9. The lowest BCUT2D eigenvalue weighted by Crippen LogP contribution is -2.36. The highest BCUT2D eigenvalue weighted by molar-refractivity contribution is 6.31. The van der Waals surface area contributed by atoms with Crippen molar-refractivity contribution >= 4 is 17.8 Å². The van der Waals surface area contributed by atoms with Gasteiger partial charge in [-0.15, -0.1) is 0 Å². The molecule has 1 aliphatic heterocycles. The summed E-state index contributed by atoms with van der Waals surface area (Å²) in [5.74, 6) is 0.311. The van der Waals surface area contributed by atoms with Gasteiger partial charge in [-0.1, -0.05) is 78.3 Å². The van der Waals surface area contributed by atoms with Gasteiger partial charge in [0.1, 0.15) is 0 Å². The fourth-order valence-corrected chi connectivity index (χ4v) is 4.88. The molecule has 3 aromatic carbocycles. The number of hydrogen-bond acceptors (Lipinski definition) is 1. The van der Waals surface area contributed by atoms with E-state index in [-0.39, 0.29) is 5.41 Å². The second-order valence-electron chi connectivity index (χ2n) is 6.92. The summed E-state index contributed by atoms with van der Waals surface area (Å²) in [7, 11) is 0. The van der Waals surface area contributed by atoms with Crippen molar-refractivity contribution in [1.29, 1.82) is 0 Å². The van der Waals surface area contributed by atoms with Gasteiger partial charge >= 0.3 is 0 Å². The lowest BCUT2D eigenvalue weighted by Gasteiger charge is -2.39. The molecule has 2 aliphatic rings. The van der Waals surface area contributed by atoms with Crippen LogP contribution >= 0.6 is 11.6 Å². The van der Waals surface area contributed by atoms with Gasteiger partial charge in [0.25, 0.3) is 0 Å². The van der Waals surface area contributed by atoms with Crippen molar-refractivity contribution in [1.82, 2.24) is 0 Å². The van der Waals surface area contributed by atoms with Crippen molar-refractivity contribution in [2.75, 3.05) is 0 Å². The van der Waals surface area contributed by atoms with Crippen LogP contribution in [0.2, 0.25) is 5.02 Å². The van der Waals surface area contributed by atoms with E-state index in [2.05, 4.69) is 77.8 Å². The number of rotatable bonds is 2. The van der Waals surface area contributed by atoms with Gasteiger partial charge in [-0.05, 0) is 46.4 Å². The van der Waals surface area contributed by atoms with E-state index in [1.165, 1.54) is 27.8 Å². The van der Waals surface area contributed by atoms with Crippen molar-refractivity contribution in [3.63, 3.8) is 0 Å². The zero-order valence-electron chi connectivity index (χ0n) is 14.3. The molecule has 2 unspecified atom stereocenters. The topological polar surface area (TPSA) is 12.4 Å². The number of halogens is 1. The Morgan fingerprint density at radius 3 is 2.42 bits per heavy atom. The molecule has 0 aromatic heterocycles. The zero-order valence-corrected chi connectivity index (χ0v) is 15.0. The molecule has 1 nitrogen and oxygen atoms in total. The third kappa shape index (κ3) is 2.07. The summed E-state index contributed by atoms with van der Waals surface area (Å²) < 4.78 is 0. The molecule has 0 N–H and O–H groups in total. The SMILES string of the molecule is Clc1ccc2c(c1)-c1ccccc1C2(c1ccccc1)C1C=CN=CC1. The Labute approximate surface area is 158 Å². The van der Waals surface area contributed by atoms with Crippen LogP contribution in [0.5, 0.6) is 0 Å². The second-order valence-corrected chi connectivity index (χ2v) is 7.36. The van der Waals surface area contributed by atoms with E-state index in [1.807, 2.05) is 18.5 Å². The minimum absolute atomic E-state index is 0.222. The normalized spacial score (nSPS) is 22.9. The van der Waals surface area contributed by atoms with Crippen molar-refractivity contribution in [3.05, 3.63) is 107 Å². The summed E-state index contributed by atoms with van der Waals surface area (Å²) in [5.41, 5.74) is 6.31. The average molecular weight is 356 g/mol. The second kappa shape index (κ2) is 5.96. The molecular weight excluding hydrogens is 338 g/mol. The number of fused-ring (bicyclic) bond motifs is 3. The number of nitrogens with zero attached hydrogens (tertiary/aromatic N) is 1. The minimum Gasteiger partial charge on any atom is -0.269 e. The molecule has 0 fully saturated rings. The van der Waals surface area contributed by atoms with Crippen molar-refractivity contribution in [2.24, 2.45) is 10.9 Å². The Morgan fingerprint density at radius 2 is 1.62 bits per heavy atom. The molecule has 5 rings (SSSR count). The van der Waals surface area contributed by atoms with E-state index in [4.69, 9.17) is 11.6 Å². The van der Waals surface area contributed by atoms with Crippen LogP contribution in [-0.2, 0) is 5.41 Å². The first kappa shape index (κ1) is 15.6. The van der Waals surface area contributed by atoms with Crippen molar-refractivity contribution in [3.8, 4) is 11.1 Å². The van der Waals surface area contributed by atoms with Gasteiger partial charge < -0.3 is 0 Å². The monoisotopic (exact) mass is 355 g/mol. The number of aliphatic imine (C=N–C) groups is 1. The Balaban J connectivity index is 1.91. The molecule has 2 atom stereocenters. The maximum Gasteiger partial charge on any atom is 0.0530 e. The van der Waals surface area contributed by atoms with Gasteiger partial charge in [0, 0.05) is 23.4 Å². The highest BCUT2D eigenvalue weighted by atomic mass is 35.5. The molecule has 0 radical (unpaired) electrons. The molecule has 26 heavy (non-hydrogen) atoms. The minimum atomic E-state index is -0.222. The molecule has 0 saturated heterocycles. The summed E-state index contributed by atoms with van der Waals surface area (Å²) >= 11 is 6.38. The number of hydrogen-bond donors (Lipinski definition) is 0. The standard InChI is InChI=1S/C24H18ClN/c25-19-10-11-23-21(16-19)20-8-4-5-9-22(20)24(23,17-6-2-1-3-7-17)18-12-14-26-15-13-18/h1-12,14-16,18H,13H2. The van der Waals surface area contributed by atoms with Gasteiger partial charge in [-0.3, -0.25) is 4.99 Å². The molecule has 0 bridgehead atoms. The van der Waals surface area contributed by atoms with Crippen molar-refractivity contribution < 1.29 is 0 Å². The Bertz CT molecular complexity index is 1040. The van der Waals surface area contributed by atoms with Gasteiger partial charge in [-0.2, -0.15) is 0 Å². The quantitative estimate of drug-likeness (QED) is 0.514. The molecule has 1 heterocycles. The maximum atomic E-state index is 6.38. The van der Waals surface area contributed by atoms with E-state index in [1.54, 1.807) is 0 Å². The first-order valence-corrected chi connectivity index (χ1v) is 9.33. The Morgan fingerprint density at radius 1 is 0.846 bits per heavy atom. The first-order chi connectivity index (χ1) is 12.8. The largest absolute Gasteiger partial charge is 0.269 e. The number of allylic oxidation sites excluding steroid dienone is 1. The molecule has 0 amide bonds. The van der Waals surface area contributed by atoms with Crippen LogP contribution in [0, 0.1) is 5.92 Å². The van der Waals surface area contributed by atoms with Crippen LogP contribution in [0.4, 0.5) is 0 Å². The molecule has 0 spiro atoms. The summed E-state index contributed by atoms with van der Waals surface area (Å²) in [5, 5.41) is 0.781. The van der Waals surface area contributed by atoms with E-state index in [0.29, 0.717) is 5.92 Å². The zero-order chi connectivity index (χ0) is 17.6. The van der Waals surface area contributed by atoms with E-state index in [9.17, 15) is 0 Å². The Kier molecular flexibility index (Phi) is 3.58. The molecule has 0 saturated carbocycles. The summed E-state index contributed by atoms with van der Waals surface area (Å²) in [6.45, 7) is 0. The fraction of sp³-hybridized carbons (Fsp3) is 0.125. The van der Waals surface area contributed by atoms with Gasteiger partial charge in [-0.25, -0.2) is 0 Å². The molecular formula is C24H18ClN. The number of benzene rings is 3. The van der Waals surface area contributed by atoms with E-state index in [0.717, 1.165) is 11.4 Å². The van der Waals surface area contributed by atoms with Crippen LogP contribution in [0.15, 0.2) is 90.1 Å². The van der Waals surface area contributed by atoms with E-state index < -0.39 is 0 Å². The highest BCUT2D eigenvalue weighted by Crippen LogP contribution is 2.57. The lowest BCUT2D eigenvalue weighted by molar-refractivity contribution is 0.468. The third-order valence-corrected chi connectivity index (χ3v) is 5.94. The molecule has 2 heteroatoms. The average Bonchev–Trinajstić information content (AvgIpc) is 3.00. The first-order valence-electron chi connectivity index (χ1n) is 8.95.